The molecule has 3 rings (SSSR count). The second kappa shape index (κ2) is 8.82. The first-order chi connectivity index (χ1) is 13.0. The zero-order chi connectivity index (χ0) is 19.3. The lowest BCUT2D eigenvalue weighted by molar-refractivity contribution is -0.134. The van der Waals surface area contributed by atoms with E-state index in [0.29, 0.717) is 24.6 Å². The summed E-state index contributed by atoms with van der Waals surface area (Å²) >= 11 is 0. The SMILES string of the molecule is CC(=O)NC1(c2noc(CCC(=O)N3CCNC[C@@H]3C)n2)CCCCCC1. The molecule has 0 unspecified atom stereocenters. The largest absolute Gasteiger partial charge is 0.343 e. The Labute approximate surface area is 160 Å². The molecule has 1 aromatic rings. The predicted molar refractivity (Wildman–Crippen MR) is 99.9 cm³/mol. The first kappa shape index (κ1) is 19.8. The molecule has 0 spiro atoms. The van der Waals surface area contributed by atoms with Crippen molar-refractivity contribution < 1.29 is 14.1 Å². The van der Waals surface area contributed by atoms with Crippen LogP contribution < -0.4 is 10.6 Å². The summed E-state index contributed by atoms with van der Waals surface area (Å²) in [6.45, 7) is 5.98. The minimum absolute atomic E-state index is 0.0777. The Balaban J connectivity index is 1.65. The Bertz CT molecular complexity index is 652. The molecule has 1 saturated heterocycles. The van der Waals surface area contributed by atoms with Gasteiger partial charge in [-0.1, -0.05) is 30.8 Å². The number of carbonyl (C=O) groups excluding carboxylic acids is 2. The Morgan fingerprint density at radius 1 is 1.30 bits per heavy atom. The van der Waals surface area contributed by atoms with Gasteiger partial charge in [-0.3, -0.25) is 9.59 Å². The van der Waals surface area contributed by atoms with Crippen LogP contribution >= 0.6 is 0 Å². The van der Waals surface area contributed by atoms with Crippen LogP contribution in [0.15, 0.2) is 4.52 Å². The van der Waals surface area contributed by atoms with E-state index in [9.17, 15) is 9.59 Å². The topological polar surface area (TPSA) is 100 Å². The first-order valence-electron chi connectivity index (χ1n) is 10.1. The maximum absolute atomic E-state index is 12.5. The Kier molecular flexibility index (Phi) is 6.46. The van der Waals surface area contributed by atoms with Crippen molar-refractivity contribution >= 4 is 11.8 Å². The lowest BCUT2D eigenvalue weighted by Gasteiger charge is -2.34. The summed E-state index contributed by atoms with van der Waals surface area (Å²) in [5.41, 5.74) is -0.541. The number of aromatic nitrogens is 2. The number of hydrogen-bond donors (Lipinski definition) is 2. The van der Waals surface area contributed by atoms with Crippen molar-refractivity contribution in [2.75, 3.05) is 19.6 Å². The molecule has 0 bridgehead atoms. The molecule has 1 aliphatic carbocycles. The van der Waals surface area contributed by atoms with Gasteiger partial charge in [-0.05, 0) is 19.8 Å². The van der Waals surface area contributed by atoms with Gasteiger partial charge < -0.3 is 20.1 Å². The van der Waals surface area contributed by atoms with Crippen molar-refractivity contribution in [3.8, 4) is 0 Å². The summed E-state index contributed by atoms with van der Waals surface area (Å²) in [6, 6.07) is 0.207. The van der Waals surface area contributed by atoms with Gasteiger partial charge in [0.25, 0.3) is 0 Å². The number of aryl methyl sites for hydroxylation is 1. The van der Waals surface area contributed by atoms with Gasteiger partial charge >= 0.3 is 0 Å². The van der Waals surface area contributed by atoms with Crippen molar-refractivity contribution in [2.45, 2.75) is 76.8 Å². The third-order valence-corrected chi connectivity index (χ3v) is 5.64. The number of nitrogens with one attached hydrogen (secondary N) is 2. The van der Waals surface area contributed by atoms with Gasteiger partial charge in [0.2, 0.25) is 17.7 Å². The zero-order valence-corrected chi connectivity index (χ0v) is 16.4. The van der Waals surface area contributed by atoms with E-state index in [-0.39, 0.29) is 17.9 Å². The molecule has 2 fully saturated rings. The van der Waals surface area contributed by atoms with Crippen LogP contribution in [0.5, 0.6) is 0 Å². The number of hydrogen-bond acceptors (Lipinski definition) is 6. The summed E-state index contributed by atoms with van der Waals surface area (Å²) in [6.07, 6.45) is 6.81. The van der Waals surface area contributed by atoms with E-state index in [1.807, 2.05) is 4.90 Å². The average Bonchev–Trinajstić information content (AvgIpc) is 3.00. The van der Waals surface area contributed by atoms with Crippen LogP contribution in [0.4, 0.5) is 0 Å². The minimum atomic E-state index is -0.541. The monoisotopic (exact) mass is 377 g/mol. The molecule has 27 heavy (non-hydrogen) atoms. The van der Waals surface area contributed by atoms with Gasteiger partial charge in [-0.2, -0.15) is 4.98 Å². The second-order valence-corrected chi connectivity index (χ2v) is 7.83. The third kappa shape index (κ3) is 4.86. The molecule has 0 aromatic carbocycles. The highest BCUT2D eigenvalue weighted by Gasteiger charge is 2.38. The highest BCUT2D eigenvalue weighted by Crippen LogP contribution is 2.34. The maximum atomic E-state index is 12.5. The van der Waals surface area contributed by atoms with Crippen LogP contribution in [0.25, 0.3) is 0 Å². The van der Waals surface area contributed by atoms with Gasteiger partial charge in [-0.15, -0.1) is 0 Å². The molecular formula is C19H31N5O3. The van der Waals surface area contributed by atoms with Crippen molar-refractivity contribution in [2.24, 2.45) is 0 Å². The quantitative estimate of drug-likeness (QED) is 0.755. The van der Waals surface area contributed by atoms with Crippen LogP contribution in [-0.4, -0.2) is 52.5 Å². The zero-order valence-electron chi connectivity index (χ0n) is 16.4. The molecule has 0 radical (unpaired) electrons. The van der Waals surface area contributed by atoms with E-state index in [1.54, 1.807) is 0 Å². The molecule has 1 aromatic heterocycles. The number of nitrogens with zero attached hydrogens (tertiary/aromatic N) is 3. The van der Waals surface area contributed by atoms with Gasteiger partial charge in [-0.25, -0.2) is 0 Å². The fourth-order valence-electron chi connectivity index (χ4n) is 4.19. The van der Waals surface area contributed by atoms with Crippen LogP contribution in [0.3, 0.4) is 0 Å². The molecule has 8 nitrogen and oxygen atoms in total. The Morgan fingerprint density at radius 2 is 2.04 bits per heavy atom. The minimum Gasteiger partial charge on any atom is -0.343 e. The van der Waals surface area contributed by atoms with Crippen molar-refractivity contribution in [3.63, 3.8) is 0 Å². The van der Waals surface area contributed by atoms with Gasteiger partial charge in [0.15, 0.2) is 5.82 Å². The molecule has 2 heterocycles. The van der Waals surface area contributed by atoms with E-state index in [1.165, 1.54) is 6.92 Å². The van der Waals surface area contributed by atoms with E-state index in [4.69, 9.17) is 4.52 Å². The number of amides is 2. The first-order valence-corrected chi connectivity index (χ1v) is 10.1. The van der Waals surface area contributed by atoms with E-state index in [2.05, 4.69) is 27.7 Å². The normalized spacial score (nSPS) is 22.9. The van der Waals surface area contributed by atoms with E-state index < -0.39 is 5.54 Å². The highest BCUT2D eigenvalue weighted by atomic mass is 16.5. The third-order valence-electron chi connectivity index (χ3n) is 5.64. The average molecular weight is 377 g/mol. The number of rotatable bonds is 5. The second-order valence-electron chi connectivity index (χ2n) is 7.83. The maximum Gasteiger partial charge on any atom is 0.227 e. The van der Waals surface area contributed by atoms with Crippen LogP contribution in [0.2, 0.25) is 0 Å². The Hall–Kier alpha value is -1.96. The van der Waals surface area contributed by atoms with Crippen LogP contribution in [0, 0.1) is 0 Å². The van der Waals surface area contributed by atoms with Crippen LogP contribution in [0.1, 0.15) is 70.5 Å². The van der Waals surface area contributed by atoms with E-state index >= 15 is 0 Å². The smallest absolute Gasteiger partial charge is 0.227 e. The molecule has 1 aliphatic heterocycles. The summed E-state index contributed by atoms with van der Waals surface area (Å²) < 4.78 is 5.43. The Morgan fingerprint density at radius 3 is 2.70 bits per heavy atom. The summed E-state index contributed by atoms with van der Waals surface area (Å²) in [4.78, 5) is 30.7. The van der Waals surface area contributed by atoms with Crippen molar-refractivity contribution in [3.05, 3.63) is 11.7 Å². The standard InChI is InChI=1S/C19H31N5O3/c1-14-13-20-11-12-24(14)17(26)8-7-16-21-18(23-27-16)19(22-15(2)25)9-5-3-4-6-10-19/h14,20H,3-13H2,1-2H3,(H,22,25)/t14-/m0/s1. The molecule has 8 heteroatoms. The van der Waals surface area contributed by atoms with Gasteiger partial charge in [0.1, 0.15) is 5.54 Å². The molecule has 2 N–H and O–H groups in total. The summed E-state index contributed by atoms with van der Waals surface area (Å²) in [5, 5.41) is 10.5. The molecule has 1 atom stereocenters. The fraction of sp³-hybridized carbons (Fsp3) is 0.789. The lowest BCUT2D eigenvalue weighted by Crippen LogP contribution is -2.52. The van der Waals surface area contributed by atoms with E-state index in [0.717, 1.165) is 58.2 Å². The molecular weight excluding hydrogens is 346 g/mol. The lowest BCUT2D eigenvalue weighted by atomic mass is 9.89. The molecule has 150 valence electrons. The van der Waals surface area contributed by atoms with Crippen molar-refractivity contribution in [1.29, 1.82) is 0 Å². The highest BCUT2D eigenvalue weighted by molar-refractivity contribution is 5.76. The van der Waals surface area contributed by atoms with Crippen molar-refractivity contribution in [1.82, 2.24) is 25.7 Å². The predicted octanol–water partition coefficient (Wildman–Crippen LogP) is 1.51. The molecule has 2 amide bonds. The number of carbonyl (C=O) groups is 2. The van der Waals surface area contributed by atoms with Gasteiger partial charge in [0, 0.05) is 45.4 Å². The van der Waals surface area contributed by atoms with Crippen LogP contribution in [-0.2, 0) is 21.5 Å². The molecule has 1 saturated carbocycles. The summed E-state index contributed by atoms with van der Waals surface area (Å²) in [7, 11) is 0. The fourth-order valence-corrected chi connectivity index (χ4v) is 4.19. The van der Waals surface area contributed by atoms with Gasteiger partial charge in [0.05, 0.1) is 0 Å². The summed E-state index contributed by atoms with van der Waals surface area (Å²) in [5.74, 6) is 1.06. The molecule has 2 aliphatic rings. The number of piperazine rings is 1.